The van der Waals surface area contributed by atoms with E-state index < -0.39 is 6.09 Å². The van der Waals surface area contributed by atoms with Crippen molar-refractivity contribution in [3.05, 3.63) is 94.5 Å². The number of ether oxygens (including phenoxy) is 1. The first-order valence-electron chi connectivity index (χ1n) is 10.5. The van der Waals surface area contributed by atoms with Gasteiger partial charge in [-0.2, -0.15) is 0 Å². The van der Waals surface area contributed by atoms with Crippen LogP contribution in [0, 0.1) is 0 Å². The molecule has 1 aliphatic heterocycles. The highest BCUT2D eigenvalue weighted by Crippen LogP contribution is 2.24. The molecule has 0 bridgehead atoms. The van der Waals surface area contributed by atoms with Crippen molar-refractivity contribution in [3.63, 3.8) is 0 Å². The molecule has 32 heavy (non-hydrogen) atoms. The first-order chi connectivity index (χ1) is 15.6. The van der Waals surface area contributed by atoms with E-state index in [2.05, 4.69) is 16.0 Å². The Bertz CT molecular complexity index is 1080. The van der Waals surface area contributed by atoms with Crippen LogP contribution in [0.3, 0.4) is 0 Å². The predicted octanol–water partition coefficient (Wildman–Crippen LogP) is 5.42. The Morgan fingerprint density at radius 3 is 2.47 bits per heavy atom. The van der Waals surface area contributed by atoms with Crippen molar-refractivity contribution in [3.8, 4) is 0 Å². The maximum absolute atomic E-state index is 12.7. The Labute approximate surface area is 191 Å². The molecule has 6 nitrogen and oxygen atoms in total. The molecule has 1 atom stereocenters. The second kappa shape index (κ2) is 10.3. The quantitative estimate of drug-likeness (QED) is 0.469. The van der Waals surface area contributed by atoms with E-state index in [9.17, 15) is 9.59 Å². The van der Waals surface area contributed by atoms with Gasteiger partial charge in [0.25, 0.3) is 5.91 Å². The summed E-state index contributed by atoms with van der Waals surface area (Å²) in [5, 5.41) is 9.18. The van der Waals surface area contributed by atoms with Crippen LogP contribution in [0.4, 0.5) is 16.2 Å². The number of benzene rings is 3. The van der Waals surface area contributed by atoms with Gasteiger partial charge in [-0.1, -0.05) is 54.1 Å². The summed E-state index contributed by atoms with van der Waals surface area (Å²) in [6, 6.07) is 21.9. The molecule has 0 aromatic heterocycles. The molecule has 0 saturated carbocycles. The summed E-state index contributed by atoms with van der Waals surface area (Å²) < 4.78 is 5.22. The zero-order chi connectivity index (χ0) is 22.3. The van der Waals surface area contributed by atoms with Gasteiger partial charge in [0.05, 0.1) is 0 Å². The first kappa shape index (κ1) is 21.9. The number of halogens is 1. The lowest BCUT2D eigenvalue weighted by Gasteiger charge is -2.12. The second-order valence-electron chi connectivity index (χ2n) is 7.68. The van der Waals surface area contributed by atoms with Crippen LogP contribution in [0.2, 0.25) is 5.02 Å². The number of carbonyl (C=O) groups is 2. The van der Waals surface area contributed by atoms with Crippen LogP contribution in [-0.2, 0) is 11.3 Å². The lowest BCUT2D eigenvalue weighted by atomic mass is 9.98. The van der Waals surface area contributed by atoms with Gasteiger partial charge in [0, 0.05) is 28.5 Å². The summed E-state index contributed by atoms with van der Waals surface area (Å²) in [6.45, 7) is 2.17. The van der Waals surface area contributed by atoms with E-state index in [0.717, 1.165) is 25.1 Å². The molecular weight excluding hydrogens is 426 g/mol. The summed E-state index contributed by atoms with van der Waals surface area (Å²) in [6.07, 6.45) is 0.497. The Morgan fingerprint density at radius 1 is 0.969 bits per heavy atom. The van der Waals surface area contributed by atoms with Gasteiger partial charge < -0.3 is 15.4 Å². The van der Waals surface area contributed by atoms with E-state index in [-0.39, 0.29) is 12.5 Å². The Morgan fingerprint density at radius 2 is 1.75 bits per heavy atom. The molecule has 0 spiro atoms. The molecule has 7 heteroatoms. The van der Waals surface area contributed by atoms with Crippen molar-refractivity contribution in [2.45, 2.75) is 18.9 Å². The van der Waals surface area contributed by atoms with E-state index in [4.69, 9.17) is 16.3 Å². The molecule has 0 radical (unpaired) electrons. The average Bonchev–Trinajstić information content (AvgIpc) is 3.33. The normalized spacial score (nSPS) is 15.2. The van der Waals surface area contributed by atoms with Crippen molar-refractivity contribution in [1.82, 2.24) is 5.32 Å². The molecule has 164 valence electrons. The van der Waals surface area contributed by atoms with Gasteiger partial charge >= 0.3 is 6.09 Å². The predicted molar refractivity (Wildman–Crippen MR) is 126 cm³/mol. The first-order valence-corrected chi connectivity index (χ1v) is 10.8. The van der Waals surface area contributed by atoms with Crippen LogP contribution in [0.5, 0.6) is 0 Å². The van der Waals surface area contributed by atoms with E-state index in [0.29, 0.717) is 27.9 Å². The topological polar surface area (TPSA) is 79.5 Å². The van der Waals surface area contributed by atoms with Gasteiger partial charge in [0.2, 0.25) is 0 Å². The van der Waals surface area contributed by atoms with Crippen LogP contribution in [0.1, 0.15) is 33.8 Å². The molecule has 1 fully saturated rings. The maximum Gasteiger partial charge on any atom is 0.411 e. The third-order valence-corrected chi connectivity index (χ3v) is 5.54. The number of hydrogen-bond acceptors (Lipinski definition) is 4. The van der Waals surface area contributed by atoms with Gasteiger partial charge in [-0.05, 0) is 60.3 Å². The number of amides is 2. The zero-order valence-corrected chi connectivity index (χ0v) is 18.2. The fourth-order valence-electron chi connectivity index (χ4n) is 3.65. The summed E-state index contributed by atoms with van der Waals surface area (Å²) in [5.74, 6) is 0.200. The van der Waals surface area contributed by atoms with Gasteiger partial charge in [0.1, 0.15) is 6.61 Å². The monoisotopic (exact) mass is 449 g/mol. The van der Waals surface area contributed by atoms with Crippen molar-refractivity contribution in [2.75, 3.05) is 23.7 Å². The van der Waals surface area contributed by atoms with E-state index in [1.165, 1.54) is 5.56 Å². The lowest BCUT2D eigenvalue weighted by molar-refractivity contribution is 0.102. The molecule has 4 rings (SSSR count). The molecule has 1 aliphatic rings. The highest BCUT2D eigenvalue weighted by Gasteiger charge is 2.16. The lowest BCUT2D eigenvalue weighted by Crippen LogP contribution is -2.15. The Kier molecular flexibility index (Phi) is 7.04. The number of anilines is 2. The fourth-order valence-corrected chi connectivity index (χ4v) is 3.89. The fraction of sp³-hybridized carbons (Fsp3) is 0.200. The second-order valence-corrected chi connectivity index (χ2v) is 8.12. The SMILES string of the molecule is O=C(Nc1cc(Cl)cc(C(=O)Nc2ccc([C@H]3CCNC3)cc2)c1)OCc1ccccc1. The van der Waals surface area contributed by atoms with Crippen LogP contribution < -0.4 is 16.0 Å². The number of carbonyl (C=O) groups excluding carboxylic acids is 2. The highest BCUT2D eigenvalue weighted by atomic mass is 35.5. The average molecular weight is 450 g/mol. The van der Waals surface area contributed by atoms with Crippen LogP contribution >= 0.6 is 11.6 Å². The largest absolute Gasteiger partial charge is 0.444 e. The maximum atomic E-state index is 12.7. The standard InChI is InChI=1S/C25H24ClN3O3/c26-21-12-20(13-23(14-21)29-25(31)32-16-17-4-2-1-3-5-17)24(30)28-22-8-6-18(7-9-22)19-10-11-27-15-19/h1-9,12-14,19,27H,10-11,15-16H2,(H,28,30)(H,29,31)/t19-/m0/s1. The van der Waals surface area contributed by atoms with E-state index in [1.54, 1.807) is 18.2 Å². The summed E-state index contributed by atoms with van der Waals surface area (Å²) in [4.78, 5) is 24.9. The van der Waals surface area contributed by atoms with Gasteiger partial charge in [0.15, 0.2) is 0 Å². The van der Waals surface area contributed by atoms with Crippen molar-refractivity contribution in [2.24, 2.45) is 0 Å². The molecule has 2 amide bonds. The van der Waals surface area contributed by atoms with Crippen LogP contribution in [-0.4, -0.2) is 25.1 Å². The summed E-state index contributed by atoms with van der Waals surface area (Å²) in [5.41, 5.74) is 3.55. The minimum Gasteiger partial charge on any atom is -0.444 e. The van der Waals surface area contributed by atoms with Crippen molar-refractivity contribution < 1.29 is 14.3 Å². The number of rotatable bonds is 6. The molecule has 0 aliphatic carbocycles. The molecule has 3 N–H and O–H groups in total. The Hall–Kier alpha value is -3.35. The third-order valence-electron chi connectivity index (χ3n) is 5.32. The van der Waals surface area contributed by atoms with Crippen LogP contribution in [0.25, 0.3) is 0 Å². The third kappa shape index (κ3) is 5.87. The molecular formula is C25H24ClN3O3. The minimum atomic E-state index is -0.625. The molecule has 3 aromatic rings. The zero-order valence-electron chi connectivity index (χ0n) is 17.4. The summed E-state index contributed by atoms with van der Waals surface area (Å²) in [7, 11) is 0. The molecule has 1 saturated heterocycles. The molecule has 1 heterocycles. The molecule has 3 aromatic carbocycles. The van der Waals surface area contributed by atoms with Crippen LogP contribution in [0.15, 0.2) is 72.8 Å². The van der Waals surface area contributed by atoms with Gasteiger partial charge in [-0.15, -0.1) is 0 Å². The number of nitrogens with one attached hydrogen (secondary N) is 3. The minimum absolute atomic E-state index is 0.146. The summed E-state index contributed by atoms with van der Waals surface area (Å²) >= 11 is 6.17. The molecule has 0 unspecified atom stereocenters. The van der Waals surface area contributed by atoms with Gasteiger partial charge in [-0.3, -0.25) is 10.1 Å². The smallest absolute Gasteiger partial charge is 0.411 e. The number of hydrogen-bond donors (Lipinski definition) is 3. The highest BCUT2D eigenvalue weighted by molar-refractivity contribution is 6.31. The van der Waals surface area contributed by atoms with Crippen molar-refractivity contribution >= 4 is 35.0 Å². The Balaban J connectivity index is 1.37. The van der Waals surface area contributed by atoms with Gasteiger partial charge in [-0.25, -0.2) is 4.79 Å². The van der Waals surface area contributed by atoms with E-state index >= 15 is 0 Å². The van der Waals surface area contributed by atoms with E-state index in [1.807, 2.05) is 54.6 Å². The van der Waals surface area contributed by atoms with Crippen molar-refractivity contribution in [1.29, 1.82) is 0 Å².